The van der Waals surface area contributed by atoms with Gasteiger partial charge in [-0.3, -0.25) is 4.79 Å². The highest BCUT2D eigenvalue weighted by Gasteiger charge is 2.37. The van der Waals surface area contributed by atoms with Gasteiger partial charge in [0.1, 0.15) is 17.2 Å². The molecule has 0 N–H and O–H groups in total. The number of ether oxygens (including phenoxy) is 3. The van der Waals surface area contributed by atoms with Gasteiger partial charge in [-0.1, -0.05) is 76.9 Å². The van der Waals surface area contributed by atoms with Gasteiger partial charge in [-0.05, 0) is 72.4 Å². The number of aryl methyl sites for hydroxylation is 1. The van der Waals surface area contributed by atoms with E-state index in [1.165, 1.54) is 24.0 Å². The number of ketones is 1. The second-order valence-electron chi connectivity index (χ2n) is 9.15. The molecule has 7 heteroatoms. The van der Waals surface area contributed by atoms with Crippen molar-refractivity contribution in [2.75, 3.05) is 20.8 Å². The van der Waals surface area contributed by atoms with Crippen molar-refractivity contribution < 1.29 is 32.2 Å². The van der Waals surface area contributed by atoms with E-state index in [4.69, 9.17) is 14.2 Å². The van der Waals surface area contributed by atoms with Crippen molar-refractivity contribution in [1.82, 2.24) is 0 Å². The van der Waals surface area contributed by atoms with Crippen LogP contribution in [-0.4, -0.2) is 32.8 Å². The van der Waals surface area contributed by atoms with Crippen molar-refractivity contribution in [3.63, 3.8) is 0 Å². The zero-order valence-electron chi connectivity index (χ0n) is 25.2. The average molecular weight is 575 g/mol. The molecule has 41 heavy (non-hydrogen) atoms. The highest BCUT2D eigenvalue weighted by atomic mass is 19.4. The highest BCUT2D eigenvalue weighted by Crippen LogP contribution is 2.32. The van der Waals surface area contributed by atoms with Crippen LogP contribution in [0, 0.1) is 0 Å². The predicted molar refractivity (Wildman–Crippen MR) is 160 cm³/mol. The number of hydrogen-bond acceptors (Lipinski definition) is 4. The Hall–Kier alpha value is -3.48. The first-order chi connectivity index (χ1) is 19.7. The summed E-state index contributed by atoms with van der Waals surface area (Å²) in [5, 5.41) is 0. The Kier molecular flexibility index (Phi) is 17.0. The van der Waals surface area contributed by atoms with Gasteiger partial charge >= 0.3 is 6.18 Å². The fourth-order valence-corrected chi connectivity index (χ4v) is 3.98. The summed E-state index contributed by atoms with van der Waals surface area (Å²) in [6, 6.07) is 23.6. The number of benzene rings is 3. The van der Waals surface area contributed by atoms with Crippen molar-refractivity contribution in [1.29, 1.82) is 0 Å². The van der Waals surface area contributed by atoms with Crippen molar-refractivity contribution >= 4 is 5.78 Å². The predicted octanol–water partition coefficient (Wildman–Crippen LogP) is 9.59. The van der Waals surface area contributed by atoms with Crippen LogP contribution >= 0.6 is 0 Å². The molecule has 0 aliphatic carbocycles. The lowest BCUT2D eigenvalue weighted by Gasteiger charge is -2.18. The van der Waals surface area contributed by atoms with Crippen LogP contribution in [0.1, 0.15) is 82.4 Å². The van der Waals surface area contributed by atoms with E-state index in [2.05, 4.69) is 31.2 Å². The van der Waals surface area contributed by atoms with Crippen molar-refractivity contribution in [2.45, 2.75) is 78.3 Å². The Bertz CT molecular complexity index is 1050. The minimum atomic E-state index is -4.73. The number of rotatable bonds is 13. The second-order valence-corrected chi connectivity index (χ2v) is 9.15. The first-order valence-corrected chi connectivity index (χ1v) is 14.3. The summed E-state index contributed by atoms with van der Waals surface area (Å²) in [5.74, 6) is 1.24. The lowest BCUT2D eigenvalue weighted by atomic mass is 9.87. The van der Waals surface area contributed by atoms with E-state index in [-0.39, 0.29) is 6.42 Å². The van der Waals surface area contributed by atoms with Crippen molar-refractivity contribution in [3.8, 4) is 17.2 Å². The molecule has 0 fully saturated rings. The van der Waals surface area contributed by atoms with Crippen LogP contribution in [0.4, 0.5) is 13.2 Å². The summed E-state index contributed by atoms with van der Waals surface area (Å²) >= 11 is 0. The number of Topliss-reactive ketones (excluding diaryl/α,β-unsaturated/α-hetero) is 1. The average Bonchev–Trinajstić information content (AvgIpc) is 3.01. The third-order valence-electron chi connectivity index (χ3n) is 6.24. The minimum absolute atomic E-state index is 0.0897. The Morgan fingerprint density at radius 2 is 1.20 bits per heavy atom. The molecular weight excluding hydrogens is 529 g/mol. The molecular formula is C34H45F3O4. The van der Waals surface area contributed by atoms with Crippen LogP contribution in [0.15, 0.2) is 72.8 Å². The zero-order valence-corrected chi connectivity index (χ0v) is 25.2. The summed E-state index contributed by atoms with van der Waals surface area (Å²) in [6.45, 7) is 8.82. The number of alkyl halides is 3. The number of carbonyl (C=O) groups is 1. The fraction of sp³-hybridized carbons (Fsp3) is 0.441. The summed E-state index contributed by atoms with van der Waals surface area (Å²) in [6.07, 6.45) is -0.669. The molecule has 4 nitrogen and oxygen atoms in total. The SMILES string of the molecule is CC.CCCCC(c1ccc(OC)cc1)c1ccc(OC)cc1.CCCOc1ccc(CCC(=O)C(F)(F)F)cc1. The Morgan fingerprint density at radius 1 is 0.732 bits per heavy atom. The third-order valence-corrected chi connectivity index (χ3v) is 6.24. The Morgan fingerprint density at radius 3 is 1.59 bits per heavy atom. The molecule has 0 saturated carbocycles. The Balaban J connectivity index is 0.000000391. The lowest BCUT2D eigenvalue weighted by Crippen LogP contribution is -2.22. The van der Waals surface area contributed by atoms with Crippen LogP contribution in [0.2, 0.25) is 0 Å². The summed E-state index contributed by atoms with van der Waals surface area (Å²) in [4.78, 5) is 10.7. The molecule has 0 bridgehead atoms. The summed E-state index contributed by atoms with van der Waals surface area (Å²) in [7, 11) is 3.40. The van der Waals surface area contributed by atoms with Gasteiger partial charge in [-0.15, -0.1) is 0 Å². The Labute approximate surface area is 243 Å². The first-order valence-electron chi connectivity index (χ1n) is 14.3. The van der Waals surface area contributed by atoms with Gasteiger partial charge in [0.05, 0.1) is 20.8 Å². The molecule has 0 spiro atoms. The van der Waals surface area contributed by atoms with E-state index >= 15 is 0 Å². The molecule has 0 aromatic heterocycles. The molecule has 0 amide bonds. The molecule has 0 radical (unpaired) electrons. The molecule has 3 aromatic rings. The second kappa shape index (κ2) is 19.6. The number of hydrogen-bond donors (Lipinski definition) is 0. The molecule has 3 rings (SSSR count). The van der Waals surface area contributed by atoms with Crippen LogP contribution in [0.5, 0.6) is 17.2 Å². The monoisotopic (exact) mass is 574 g/mol. The number of carbonyl (C=O) groups excluding carboxylic acids is 1. The smallest absolute Gasteiger partial charge is 0.449 e. The van der Waals surface area contributed by atoms with Crippen LogP contribution < -0.4 is 14.2 Å². The standard InChI is InChI=1S/C19H24O2.C13H15F3O2.C2H6/c1-4-5-6-19(15-7-11-17(20-2)12-8-15)16-9-13-18(21-3)14-10-16;1-2-9-18-11-6-3-10(4-7-11)5-8-12(17)13(14,15)16;1-2/h7-14,19H,4-6H2,1-3H3;3-4,6-7H,2,5,8-9H2,1H3;1-2H3. The van der Waals surface area contributed by atoms with Gasteiger partial charge in [0, 0.05) is 12.3 Å². The highest BCUT2D eigenvalue weighted by molar-refractivity contribution is 5.84. The van der Waals surface area contributed by atoms with Gasteiger partial charge < -0.3 is 14.2 Å². The van der Waals surface area contributed by atoms with E-state index in [0.717, 1.165) is 24.3 Å². The lowest BCUT2D eigenvalue weighted by molar-refractivity contribution is -0.171. The quantitative estimate of drug-likeness (QED) is 0.204. The van der Waals surface area contributed by atoms with Crippen LogP contribution in [0.3, 0.4) is 0 Å². The van der Waals surface area contributed by atoms with Crippen LogP contribution in [-0.2, 0) is 11.2 Å². The fourth-order valence-electron chi connectivity index (χ4n) is 3.98. The molecule has 0 atom stereocenters. The summed E-state index contributed by atoms with van der Waals surface area (Å²) in [5.41, 5.74) is 3.38. The largest absolute Gasteiger partial charge is 0.497 e. The normalized spacial score (nSPS) is 10.6. The van der Waals surface area contributed by atoms with Crippen molar-refractivity contribution in [2.24, 2.45) is 0 Å². The number of methoxy groups -OCH3 is 2. The van der Waals surface area contributed by atoms with Gasteiger partial charge in [0.25, 0.3) is 0 Å². The van der Waals surface area contributed by atoms with Crippen LogP contribution in [0.25, 0.3) is 0 Å². The molecule has 0 saturated heterocycles. The van der Waals surface area contributed by atoms with E-state index in [0.29, 0.717) is 23.8 Å². The van der Waals surface area contributed by atoms with E-state index in [1.54, 1.807) is 38.5 Å². The van der Waals surface area contributed by atoms with Gasteiger partial charge in [0.2, 0.25) is 5.78 Å². The van der Waals surface area contributed by atoms with Gasteiger partial charge in [-0.25, -0.2) is 0 Å². The van der Waals surface area contributed by atoms with E-state index in [9.17, 15) is 18.0 Å². The molecule has 3 aromatic carbocycles. The zero-order chi connectivity index (χ0) is 30.7. The molecule has 226 valence electrons. The summed E-state index contributed by atoms with van der Waals surface area (Å²) < 4.78 is 51.8. The molecule has 0 aliphatic heterocycles. The molecule has 0 aliphatic rings. The number of unbranched alkanes of at least 4 members (excludes halogenated alkanes) is 1. The van der Waals surface area contributed by atoms with Gasteiger partial charge in [-0.2, -0.15) is 13.2 Å². The maximum absolute atomic E-state index is 12.0. The maximum Gasteiger partial charge on any atom is 0.449 e. The molecule has 0 unspecified atom stereocenters. The maximum atomic E-state index is 12.0. The van der Waals surface area contributed by atoms with Crippen molar-refractivity contribution in [3.05, 3.63) is 89.5 Å². The van der Waals surface area contributed by atoms with E-state index in [1.807, 2.05) is 45.0 Å². The van der Waals surface area contributed by atoms with E-state index < -0.39 is 18.4 Å². The first kappa shape index (κ1) is 35.5. The number of halogens is 3. The van der Waals surface area contributed by atoms with Gasteiger partial charge in [0.15, 0.2) is 0 Å². The third kappa shape index (κ3) is 13.2. The minimum Gasteiger partial charge on any atom is -0.497 e. The molecule has 0 heterocycles. The topological polar surface area (TPSA) is 44.8 Å².